The zero-order chi connectivity index (χ0) is 16.1. The Morgan fingerprint density at radius 3 is 2.57 bits per heavy atom. The van der Waals surface area contributed by atoms with Crippen LogP contribution < -0.4 is 5.32 Å². The second kappa shape index (κ2) is 7.45. The molecule has 1 aliphatic carbocycles. The molecule has 1 saturated carbocycles. The predicted octanol–water partition coefficient (Wildman–Crippen LogP) is 2.30. The lowest BCUT2D eigenvalue weighted by atomic mass is 9.64. The third kappa shape index (κ3) is 3.93. The van der Waals surface area contributed by atoms with E-state index < -0.39 is 6.10 Å². The van der Waals surface area contributed by atoms with Crippen molar-refractivity contribution in [1.82, 2.24) is 5.32 Å². The number of hydrogen-bond donors (Lipinski definition) is 2. The molecule has 0 aromatic heterocycles. The van der Waals surface area contributed by atoms with Gasteiger partial charge in [-0.15, -0.1) is 0 Å². The van der Waals surface area contributed by atoms with E-state index in [1.165, 1.54) is 5.56 Å². The van der Waals surface area contributed by atoms with Gasteiger partial charge in [0.15, 0.2) is 0 Å². The van der Waals surface area contributed by atoms with Gasteiger partial charge in [0.05, 0.1) is 11.5 Å². The van der Waals surface area contributed by atoms with Crippen LogP contribution in [0.15, 0.2) is 30.3 Å². The van der Waals surface area contributed by atoms with Crippen LogP contribution in [0.3, 0.4) is 0 Å². The van der Waals surface area contributed by atoms with E-state index in [0.717, 1.165) is 38.5 Å². The number of hydrogen-bond acceptors (Lipinski definition) is 3. The molecular weight excluding hydrogens is 290 g/mol. The maximum Gasteiger partial charge on any atom is 0.226 e. The second-order valence-electron chi connectivity index (χ2n) is 7.02. The van der Waals surface area contributed by atoms with Gasteiger partial charge in [-0.25, -0.2) is 0 Å². The summed E-state index contributed by atoms with van der Waals surface area (Å²) in [6.45, 7) is 1.79. The lowest BCUT2D eigenvalue weighted by Gasteiger charge is -2.41. The molecular formula is C19H27NO3. The summed E-state index contributed by atoms with van der Waals surface area (Å²) in [5.74, 6) is 0.356. The van der Waals surface area contributed by atoms with Crippen molar-refractivity contribution in [2.24, 2.45) is 11.3 Å². The van der Waals surface area contributed by atoms with Crippen LogP contribution in [0.4, 0.5) is 0 Å². The summed E-state index contributed by atoms with van der Waals surface area (Å²) in [5.41, 5.74) is 0.948. The molecule has 0 radical (unpaired) electrons. The number of amides is 1. The van der Waals surface area contributed by atoms with Gasteiger partial charge in [0, 0.05) is 19.8 Å². The van der Waals surface area contributed by atoms with Crippen LogP contribution in [0.2, 0.25) is 0 Å². The summed E-state index contributed by atoms with van der Waals surface area (Å²) in [5, 5.41) is 13.3. The average molecular weight is 317 g/mol. The Labute approximate surface area is 138 Å². The van der Waals surface area contributed by atoms with Crippen LogP contribution in [0.25, 0.3) is 0 Å². The molecule has 1 heterocycles. The fourth-order valence-electron chi connectivity index (χ4n) is 3.73. The quantitative estimate of drug-likeness (QED) is 0.846. The molecule has 2 aliphatic rings. The molecule has 0 spiro atoms. The van der Waals surface area contributed by atoms with Crippen molar-refractivity contribution in [3.05, 3.63) is 35.9 Å². The highest BCUT2D eigenvalue weighted by molar-refractivity contribution is 5.83. The number of rotatable bonds is 6. The van der Waals surface area contributed by atoms with Gasteiger partial charge < -0.3 is 15.2 Å². The summed E-state index contributed by atoms with van der Waals surface area (Å²) in [6.07, 6.45) is 5.10. The monoisotopic (exact) mass is 317 g/mol. The Kier molecular flexibility index (Phi) is 5.34. The SMILES string of the molecule is O=C(NC[C@@H](O)C1CCOCC1)C1(Cc2ccccc2)CCC1. The number of ether oxygens (including phenoxy) is 1. The van der Waals surface area contributed by atoms with Gasteiger partial charge in [-0.1, -0.05) is 36.8 Å². The maximum absolute atomic E-state index is 12.7. The van der Waals surface area contributed by atoms with Crippen LogP contribution in [0.1, 0.15) is 37.7 Å². The van der Waals surface area contributed by atoms with Crippen molar-refractivity contribution in [2.45, 2.75) is 44.6 Å². The third-order valence-corrected chi connectivity index (χ3v) is 5.46. The number of carbonyl (C=O) groups is 1. The Morgan fingerprint density at radius 1 is 1.26 bits per heavy atom. The molecule has 2 N–H and O–H groups in total. The highest BCUT2D eigenvalue weighted by Crippen LogP contribution is 2.44. The summed E-state index contributed by atoms with van der Waals surface area (Å²) >= 11 is 0. The lowest BCUT2D eigenvalue weighted by molar-refractivity contribution is -0.136. The average Bonchev–Trinajstić information content (AvgIpc) is 2.57. The summed E-state index contributed by atoms with van der Waals surface area (Å²) in [4.78, 5) is 12.7. The predicted molar refractivity (Wildman–Crippen MR) is 89.0 cm³/mol. The number of aliphatic hydroxyl groups is 1. The first-order valence-electron chi connectivity index (χ1n) is 8.78. The molecule has 126 valence electrons. The van der Waals surface area contributed by atoms with E-state index in [2.05, 4.69) is 17.4 Å². The van der Waals surface area contributed by atoms with Crippen molar-refractivity contribution in [3.63, 3.8) is 0 Å². The Balaban J connectivity index is 1.53. The minimum Gasteiger partial charge on any atom is -0.391 e. The molecule has 1 aromatic carbocycles. The van der Waals surface area contributed by atoms with E-state index in [0.29, 0.717) is 19.8 Å². The fraction of sp³-hybridized carbons (Fsp3) is 0.632. The minimum absolute atomic E-state index is 0.110. The van der Waals surface area contributed by atoms with E-state index in [-0.39, 0.29) is 17.2 Å². The molecule has 23 heavy (non-hydrogen) atoms. The van der Waals surface area contributed by atoms with Crippen LogP contribution in [0.5, 0.6) is 0 Å². The molecule has 0 bridgehead atoms. The summed E-state index contributed by atoms with van der Waals surface area (Å²) in [6, 6.07) is 10.2. The molecule has 3 rings (SSSR count). The van der Waals surface area contributed by atoms with Crippen molar-refractivity contribution in [2.75, 3.05) is 19.8 Å². The van der Waals surface area contributed by atoms with Crippen LogP contribution in [-0.4, -0.2) is 36.9 Å². The van der Waals surface area contributed by atoms with Gasteiger partial charge >= 0.3 is 0 Å². The topological polar surface area (TPSA) is 58.6 Å². The van der Waals surface area contributed by atoms with Crippen LogP contribution >= 0.6 is 0 Å². The van der Waals surface area contributed by atoms with Gasteiger partial charge in [0.2, 0.25) is 5.91 Å². The first-order valence-corrected chi connectivity index (χ1v) is 8.78. The third-order valence-electron chi connectivity index (χ3n) is 5.46. The van der Waals surface area contributed by atoms with E-state index in [9.17, 15) is 9.90 Å². The first-order chi connectivity index (χ1) is 11.2. The van der Waals surface area contributed by atoms with Gasteiger partial charge in [-0.05, 0) is 43.6 Å². The first kappa shape index (κ1) is 16.5. The number of nitrogens with one attached hydrogen (secondary N) is 1. The second-order valence-corrected chi connectivity index (χ2v) is 7.02. The summed E-state index contributed by atoms with van der Waals surface area (Å²) < 4.78 is 5.32. The van der Waals surface area contributed by atoms with E-state index in [4.69, 9.17) is 4.74 Å². The molecule has 1 aliphatic heterocycles. The van der Waals surface area contributed by atoms with E-state index in [1.807, 2.05) is 18.2 Å². The molecule has 4 nitrogen and oxygen atoms in total. The van der Waals surface area contributed by atoms with Gasteiger partial charge in [0.1, 0.15) is 0 Å². The standard InChI is InChI=1S/C19H27NO3/c21-17(16-7-11-23-12-8-16)14-20-18(22)19(9-4-10-19)13-15-5-2-1-3-6-15/h1-3,5-6,16-17,21H,4,7-14H2,(H,20,22)/t17-/m1/s1. The van der Waals surface area contributed by atoms with Crippen LogP contribution in [0, 0.1) is 11.3 Å². The molecule has 1 amide bonds. The highest BCUT2D eigenvalue weighted by atomic mass is 16.5. The molecule has 1 saturated heterocycles. The van der Waals surface area contributed by atoms with Gasteiger partial charge in [-0.3, -0.25) is 4.79 Å². The van der Waals surface area contributed by atoms with Crippen molar-refractivity contribution in [3.8, 4) is 0 Å². The van der Waals surface area contributed by atoms with E-state index >= 15 is 0 Å². The van der Waals surface area contributed by atoms with Crippen molar-refractivity contribution in [1.29, 1.82) is 0 Å². The van der Waals surface area contributed by atoms with Gasteiger partial charge in [0.25, 0.3) is 0 Å². The zero-order valence-corrected chi connectivity index (χ0v) is 13.7. The molecule has 1 aromatic rings. The Hall–Kier alpha value is -1.39. The van der Waals surface area contributed by atoms with Gasteiger partial charge in [-0.2, -0.15) is 0 Å². The van der Waals surface area contributed by atoms with E-state index in [1.54, 1.807) is 0 Å². The molecule has 4 heteroatoms. The molecule has 0 unspecified atom stereocenters. The Morgan fingerprint density at radius 2 is 1.96 bits per heavy atom. The molecule has 1 atom stereocenters. The zero-order valence-electron chi connectivity index (χ0n) is 13.7. The maximum atomic E-state index is 12.7. The number of benzene rings is 1. The van der Waals surface area contributed by atoms with Crippen molar-refractivity contribution >= 4 is 5.91 Å². The largest absolute Gasteiger partial charge is 0.391 e. The lowest BCUT2D eigenvalue weighted by Crippen LogP contribution is -2.49. The fourth-order valence-corrected chi connectivity index (χ4v) is 3.73. The normalized spacial score (nSPS) is 22.1. The number of aliphatic hydroxyl groups excluding tert-OH is 1. The number of carbonyl (C=O) groups excluding carboxylic acids is 1. The highest BCUT2D eigenvalue weighted by Gasteiger charge is 2.44. The Bertz CT molecular complexity index is 507. The smallest absolute Gasteiger partial charge is 0.226 e. The summed E-state index contributed by atoms with van der Waals surface area (Å²) in [7, 11) is 0. The minimum atomic E-state index is -0.461. The van der Waals surface area contributed by atoms with Crippen molar-refractivity contribution < 1.29 is 14.6 Å². The van der Waals surface area contributed by atoms with Crippen LogP contribution in [-0.2, 0) is 16.0 Å². The molecule has 2 fully saturated rings.